The van der Waals surface area contributed by atoms with Gasteiger partial charge in [0, 0.05) is 10.2 Å². The van der Waals surface area contributed by atoms with E-state index in [1.165, 1.54) is 16.3 Å². The summed E-state index contributed by atoms with van der Waals surface area (Å²) in [7, 11) is 0. The summed E-state index contributed by atoms with van der Waals surface area (Å²) in [4.78, 5) is 12.0. The van der Waals surface area contributed by atoms with Crippen molar-refractivity contribution < 1.29 is 9.53 Å². The molecular weight excluding hydrogens is 496 g/mol. The van der Waals surface area contributed by atoms with Gasteiger partial charge in [-0.25, -0.2) is 5.43 Å². The van der Waals surface area contributed by atoms with Crippen LogP contribution in [0.2, 0.25) is 0 Å². The molecule has 4 rings (SSSR count). The number of hydrazone groups is 1. The van der Waals surface area contributed by atoms with Gasteiger partial charge in [0.05, 0.1) is 12.0 Å². The third-order valence-electron chi connectivity index (χ3n) is 4.95. The summed E-state index contributed by atoms with van der Waals surface area (Å²) in [6, 6.07) is 30.2. The van der Waals surface area contributed by atoms with E-state index in [0.717, 1.165) is 27.1 Å². The SMILES string of the molecule is O=C(CSCc1cccc(Br)c1)N/N=C/c1ccc(OCc2cccc3ccccc23)cc1. The van der Waals surface area contributed by atoms with E-state index in [4.69, 9.17) is 4.74 Å². The van der Waals surface area contributed by atoms with E-state index < -0.39 is 0 Å². The topological polar surface area (TPSA) is 50.7 Å². The van der Waals surface area contributed by atoms with Crippen LogP contribution in [0.25, 0.3) is 10.8 Å². The Hall–Kier alpha value is -3.09. The molecule has 4 nitrogen and oxygen atoms in total. The molecule has 0 saturated heterocycles. The Balaban J connectivity index is 1.22. The second kappa shape index (κ2) is 11.7. The molecule has 0 unspecified atom stereocenters. The molecule has 0 atom stereocenters. The number of rotatable bonds is 9. The molecule has 4 aromatic carbocycles. The Morgan fingerprint density at radius 1 is 0.970 bits per heavy atom. The Morgan fingerprint density at radius 2 is 1.76 bits per heavy atom. The summed E-state index contributed by atoms with van der Waals surface area (Å²) >= 11 is 5.01. The van der Waals surface area contributed by atoms with Gasteiger partial charge < -0.3 is 4.74 Å². The highest BCUT2D eigenvalue weighted by Crippen LogP contribution is 2.21. The average Bonchev–Trinajstić information content (AvgIpc) is 2.83. The van der Waals surface area contributed by atoms with E-state index in [2.05, 4.69) is 56.8 Å². The van der Waals surface area contributed by atoms with Crippen molar-refractivity contribution in [3.05, 3.63) is 112 Å². The van der Waals surface area contributed by atoms with Gasteiger partial charge in [0.2, 0.25) is 5.91 Å². The van der Waals surface area contributed by atoms with Gasteiger partial charge in [0.1, 0.15) is 12.4 Å². The van der Waals surface area contributed by atoms with Crippen LogP contribution in [0.4, 0.5) is 0 Å². The molecule has 166 valence electrons. The fourth-order valence-corrected chi connectivity index (χ4v) is 4.54. The molecule has 0 aliphatic carbocycles. The number of thioether (sulfide) groups is 1. The Labute approximate surface area is 206 Å². The van der Waals surface area contributed by atoms with E-state index >= 15 is 0 Å². The predicted molar refractivity (Wildman–Crippen MR) is 141 cm³/mol. The van der Waals surface area contributed by atoms with Crippen molar-refractivity contribution in [2.45, 2.75) is 12.4 Å². The van der Waals surface area contributed by atoms with Crippen LogP contribution in [-0.2, 0) is 17.2 Å². The normalized spacial score (nSPS) is 11.1. The van der Waals surface area contributed by atoms with E-state index in [0.29, 0.717) is 12.4 Å². The molecule has 6 heteroatoms. The minimum atomic E-state index is -0.124. The number of hydrogen-bond acceptors (Lipinski definition) is 4. The van der Waals surface area contributed by atoms with Crippen LogP contribution in [0.1, 0.15) is 16.7 Å². The number of fused-ring (bicyclic) bond motifs is 1. The average molecular weight is 519 g/mol. The molecule has 0 heterocycles. The number of ether oxygens (including phenoxy) is 1. The number of hydrogen-bond donors (Lipinski definition) is 1. The number of carbonyl (C=O) groups is 1. The second-order valence-electron chi connectivity index (χ2n) is 7.41. The maximum atomic E-state index is 12.0. The van der Waals surface area contributed by atoms with Gasteiger partial charge in [-0.05, 0) is 63.9 Å². The van der Waals surface area contributed by atoms with E-state index in [1.54, 1.807) is 18.0 Å². The lowest BCUT2D eigenvalue weighted by molar-refractivity contribution is -0.118. The molecule has 0 aliphatic heterocycles. The van der Waals surface area contributed by atoms with Crippen molar-refractivity contribution in [2.24, 2.45) is 5.10 Å². The molecule has 33 heavy (non-hydrogen) atoms. The highest BCUT2D eigenvalue weighted by Gasteiger charge is 2.03. The summed E-state index contributed by atoms with van der Waals surface area (Å²) in [6.07, 6.45) is 1.63. The van der Waals surface area contributed by atoms with Gasteiger partial charge in [-0.2, -0.15) is 5.10 Å². The zero-order chi connectivity index (χ0) is 22.9. The zero-order valence-corrected chi connectivity index (χ0v) is 20.3. The van der Waals surface area contributed by atoms with Crippen LogP contribution in [0.15, 0.2) is 101 Å². The number of benzene rings is 4. The number of nitrogens with zero attached hydrogens (tertiary/aromatic N) is 1. The zero-order valence-electron chi connectivity index (χ0n) is 17.9. The first-order chi connectivity index (χ1) is 16.2. The van der Waals surface area contributed by atoms with E-state index in [9.17, 15) is 4.79 Å². The molecule has 0 radical (unpaired) electrons. The van der Waals surface area contributed by atoms with Crippen LogP contribution >= 0.6 is 27.7 Å². The maximum Gasteiger partial charge on any atom is 0.250 e. The minimum absolute atomic E-state index is 0.124. The lowest BCUT2D eigenvalue weighted by Gasteiger charge is -2.09. The number of amides is 1. The summed E-state index contributed by atoms with van der Waals surface area (Å²) < 4.78 is 7.01. The van der Waals surface area contributed by atoms with Crippen molar-refractivity contribution in [3.63, 3.8) is 0 Å². The highest BCUT2D eigenvalue weighted by molar-refractivity contribution is 9.10. The van der Waals surface area contributed by atoms with Crippen molar-refractivity contribution in [2.75, 3.05) is 5.75 Å². The van der Waals surface area contributed by atoms with E-state index in [1.807, 2.05) is 60.7 Å². The van der Waals surface area contributed by atoms with Crippen LogP contribution in [0.5, 0.6) is 5.75 Å². The third kappa shape index (κ3) is 6.94. The van der Waals surface area contributed by atoms with Gasteiger partial charge in [0.15, 0.2) is 0 Å². The monoisotopic (exact) mass is 518 g/mol. The Bertz CT molecular complexity index is 1250. The molecule has 1 N–H and O–H groups in total. The van der Waals surface area contributed by atoms with Gasteiger partial charge in [0.25, 0.3) is 0 Å². The molecule has 4 aromatic rings. The summed E-state index contributed by atoms with van der Waals surface area (Å²) in [5.74, 6) is 1.79. The Kier molecular flexibility index (Phi) is 8.17. The van der Waals surface area contributed by atoms with Crippen molar-refractivity contribution in [3.8, 4) is 5.75 Å². The second-order valence-corrected chi connectivity index (χ2v) is 9.31. The van der Waals surface area contributed by atoms with Gasteiger partial charge in [-0.1, -0.05) is 70.5 Å². The molecule has 0 spiro atoms. The van der Waals surface area contributed by atoms with Gasteiger partial charge in [-0.3, -0.25) is 4.79 Å². The minimum Gasteiger partial charge on any atom is -0.489 e. The van der Waals surface area contributed by atoms with Crippen molar-refractivity contribution in [1.29, 1.82) is 0 Å². The third-order valence-corrected chi connectivity index (χ3v) is 6.45. The molecule has 0 fully saturated rings. The van der Waals surface area contributed by atoms with Gasteiger partial charge >= 0.3 is 0 Å². The molecule has 0 aromatic heterocycles. The summed E-state index contributed by atoms with van der Waals surface area (Å²) in [5.41, 5.74) is 5.79. The quantitative estimate of drug-likeness (QED) is 0.201. The molecule has 0 aliphatic rings. The molecule has 0 bridgehead atoms. The van der Waals surface area contributed by atoms with Crippen LogP contribution in [0, 0.1) is 0 Å². The molecular formula is C27H23BrN2O2S. The van der Waals surface area contributed by atoms with Crippen molar-refractivity contribution in [1.82, 2.24) is 5.43 Å². The van der Waals surface area contributed by atoms with E-state index in [-0.39, 0.29) is 5.91 Å². The maximum absolute atomic E-state index is 12.0. The van der Waals surface area contributed by atoms with Crippen LogP contribution in [-0.4, -0.2) is 17.9 Å². The number of nitrogens with one attached hydrogen (secondary N) is 1. The lowest BCUT2D eigenvalue weighted by atomic mass is 10.1. The Morgan fingerprint density at radius 3 is 2.61 bits per heavy atom. The fourth-order valence-electron chi connectivity index (χ4n) is 3.33. The predicted octanol–water partition coefficient (Wildman–Crippen LogP) is 6.56. The number of halogens is 1. The van der Waals surface area contributed by atoms with Crippen LogP contribution < -0.4 is 10.2 Å². The van der Waals surface area contributed by atoms with Crippen molar-refractivity contribution >= 4 is 50.6 Å². The standard InChI is InChI=1S/C27H23BrN2O2S/c28-24-9-3-5-21(15-24)18-33-19-27(31)30-29-16-20-11-13-25(14-12-20)32-17-23-8-4-7-22-6-1-2-10-26(22)23/h1-16H,17-19H2,(H,30,31)/b29-16+. The first-order valence-corrected chi connectivity index (χ1v) is 12.5. The lowest BCUT2D eigenvalue weighted by Crippen LogP contribution is -2.19. The summed E-state index contributed by atoms with van der Waals surface area (Å²) in [5, 5.41) is 6.46. The highest BCUT2D eigenvalue weighted by atomic mass is 79.9. The largest absolute Gasteiger partial charge is 0.489 e. The molecule has 1 amide bonds. The van der Waals surface area contributed by atoms with Crippen LogP contribution in [0.3, 0.4) is 0 Å². The van der Waals surface area contributed by atoms with Gasteiger partial charge in [-0.15, -0.1) is 11.8 Å². The fraction of sp³-hybridized carbons (Fsp3) is 0.111. The first kappa shape index (κ1) is 23.1. The smallest absolute Gasteiger partial charge is 0.250 e. The summed E-state index contributed by atoms with van der Waals surface area (Å²) in [6.45, 7) is 0.502. The first-order valence-electron chi connectivity index (χ1n) is 10.5. The number of carbonyl (C=O) groups excluding carboxylic acids is 1. The molecule has 0 saturated carbocycles.